The lowest BCUT2D eigenvalue weighted by Gasteiger charge is -2.26. The van der Waals surface area contributed by atoms with Gasteiger partial charge in [-0.3, -0.25) is 0 Å². The molecule has 0 saturated carbocycles. The molecule has 0 N–H and O–H groups in total. The Kier molecular flexibility index (Phi) is 6.38. The number of sulfonamides is 1. The molecule has 0 atom stereocenters. The van der Waals surface area contributed by atoms with Gasteiger partial charge in [-0.1, -0.05) is 0 Å². The number of hydrogen-bond acceptors (Lipinski definition) is 7. The maximum Gasteiger partial charge on any atom is 0.243 e. The van der Waals surface area contributed by atoms with E-state index in [0.29, 0.717) is 48.7 Å². The average molecular weight is 492 g/mol. The summed E-state index contributed by atoms with van der Waals surface area (Å²) in [6.45, 7) is 1.44. The number of nitrogens with zero attached hydrogens (tertiary/aromatic N) is 3. The number of morpholine rings is 1. The highest BCUT2D eigenvalue weighted by Gasteiger charge is 2.27. The molecule has 8 nitrogen and oxygen atoms in total. The van der Waals surface area contributed by atoms with E-state index in [1.165, 1.54) is 4.31 Å². The highest BCUT2D eigenvalue weighted by molar-refractivity contribution is 7.89. The molecule has 9 heteroatoms. The number of methoxy groups -OCH3 is 2. The van der Waals surface area contributed by atoms with E-state index >= 15 is 0 Å². The Bertz CT molecular complexity index is 1450. The first-order valence-corrected chi connectivity index (χ1v) is 12.6. The van der Waals surface area contributed by atoms with Crippen molar-refractivity contribution in [2.24, 2.45) is 0 Å². The van der Waals surface area contributed by atoms with E-state index in [1.807, 2.05) is 48.5 Å². The molecule has 0 radical (unpaired) electrons. The van der Waals surface area contributed by atoms with Gasteiger partial charge in [0.2, 0.25) is 10.0 Å². The van der Waals surface area contributed by atoms with Crippen molar-refractivity contribution in [3.05, 3.63) is 66.7 Å². The van der Waals surface area contributed by atoms with Crippen LogP contribution in [0.15, 0.2) is 71.6 Å². The van der Waals surface area contributed by atoms with Crippen LogP contribution in [0.3, 0.4) is 0 Å². The first kappa shape index (κ1) is 23.2. The minimum Gasteiger partial charge on any atom is -0.497 e. The quantitative estimate of drug-likeness (QED) is 0.403. The molecule has 1 aromatic heterocycles. The maximum atomic E-state index is 13.2. The van der Waals surface area contributed by atoms with Gasteiger partial charge in [0.05, 0.1) is 54.8 Å². The molecule has 0 bridgehead atoms. The van der Waals surface area contributed by atoms with Crippen molar-refractivity contribution in [2.45, 2.75) is 4.90 Å². The maximum absolute atomic E-state index is 13.2. The van der Waals surface area contributed by atoms with Gasteiger partial charge in [0.1, 0.15) is 11.5 Å². The second-order valence-corrected chi connectivity index (χ2v) is 9.98. The Hall–Kier alpha value is -3.53. The van der Waals surface area contributed by atoms with Gasteiger partial charge in [-0.2, -0.15) is 4.31 Å². The van der Waals surface area contributed by atoms with E-state index in [2.05, 4.69) is 0 Å². The number of benzene rings is 3. The minimum atomic E-state index is -3.65. The van der Waals surface area contributed by atoms with Crippen molar-refractivity contribution in [1.82, 2.24) is 14.3 Å². The third-order valence-corrected chi connectivity index (χ3v) is 7.87. The Balaban J connectivity index is 1.65. The fourth-order valence-electron chi connectivity index (χ4n) is 4.03. The second kappa shape index (κ2) is 9.61. The summed E-state index contributed by atoms with van der Waals surface area (Å²) >= 11 is 0. The molecule has 35 heavy (non-hydrogen) atoms. The van der Waals surface area contributed by atoms with Crippen LogP contribution in [0.5, 0.6) is 11.5 Å². The van der Waals surface area contributed by atoms with E-state index in [1.54, 1.807) is 32.4 Å². The molecule has 0 aliphatic carbocycles. The molecule has 3 aromatic carbocycles. The van der Waals surface area contributed by atoms with Gasteiger partial charge in [-0.05, 0) is 66.7 Å². The fraction of sp³-hybridized carbons (Fsp3) is 0.231. The largest absolute Gasteiger partial charge is 0.497 e. The predicted molar refractivity (Wildman–Crippen MR) is 133 cm³/mol. The molecule has 1 aliphatic heterocycles. The normalized spacial score (nSPS) is 14.7. The number of fused-ring (bicyclic) bond motifs is 1. The fourth-order valence-corrected chi connectivity index (χ4v) is 5.46. The number of hydrogen-bond donors (Lipinski definition) is 0. The van der Waals surface area contributed by atoms with Gasteiger partial charge in [0.25, 0.3) is 0 Å². The Morgan fingerprint density at radius 2 is 1.26 bits per heavy atom. The lowest BCUT2D eigenvalue weighted by Crippen LogP contribution is -2.40. The molecule has 0 amide bonds. The van der Waals surface area contributed by atoms with Gasteiger partial charge < -0.3 is 14.2 Å². The molecule has 1 saturated heterocycles. The van der Waals surface area contributed by atoms with Crippen LogP contribution in [-0.2, 0) is 14.8 Å². The van der Waals surface area contributed by atoms with Gasteiger partial charge in [-0.15, -0.1) is 0 Å². The smallest absolute Gasteiger partial charge is 0.243 e. The minimum absolute atomic E-state index is 0.194. The monoisotopic (exact) mass is 491 g/mol. The zero-order valence-corrected chi connectivity index (χ0v) is 20.3. The summed E-state index contributed by atoms with van der Waals surface area (Å²) in [5, 5.41) is 0. The van der Waals surface area contributed by atoms with E-state index in [0.717, 1.165) is 22.6 Å². The number of rotatable bonds is 6. The predicted octanol–water partition coefficient (Wildman–Crippen LogP) is 4.00. The Morgan fingerprint density at radius 1 is 0.743 bits per heavy atom. The van der Waals surface area contributed by atoms with Crippen molar-refractivity contribution >= 4 is 21.1 Å². The van der Waals surface area contributed by atoms with E-state index < -0.39 is 10.0 Å². The molecule has 4 aromatic rings. The molecule has 180 valence electrons. The van der Waals surface area contributed by atoms with Crippen LogP contribution in [0.4, 0.5) is 0 Å². The summed E-state index contributed by atoms with van der Waals surface area (Å²) in [7, 11) is -0.419. The highest BCUT2D eigenvalue weighted by atomic mass is 32.2. The third-order valence-electron chi connectivity index (χ3n) is 5.97. The van der Waals surface area contributed by atoms with E-state index in [-0.39, 0.29) is 4.90 Å². The van der Waals surface area contributed by atoms with Crippen LogP contribution in [-0.4, -0.2) is 63.2 Å². The lowest BCUT2D eigenvalue weighted by atomic mass is 10.0. The topological polar surface area (TPSA) is 90.9 Å². The van der Waals surface area contributed by atoms with Gasteiger partial charge in [0, 0.05) is 24.2 Å². The van der Waals surface area contributed by atoms with Crippen LogP contribution < -0.4 is 9.47 Å². The van der Waals surface area contributed by atoms with Crippen molar-refractivity contribution in [3.63, 3.8) is 0 Å². The highest BCUT2D eigenvalue weighted by Crippen LogP contribution is 2.33. The van der Waals surface area contributed by atoms with Crippen LogP contribution >= 0.6 is 0 Å². The summed E-state index contributed by atoms with van der Waals surface area (Å²) in [5.41, 5.74) is 4.15. The van der Waals surface area contributed by atoms with Gasteiger partial charge in [0.15, 0.2) is 0 Å². The lowest BCUT2D eigenvalue weighted by molar-refractivity contribution is 0.0730. The molecule has 5 rings (SSSR count). The van der Waals surface area contributed by atoms with Crippen molar-refractivity contribution in [3.8, 4) is 34.0 Å². The van der Waals surface area contributed by atoms with E-state index in [9.17, 15) is 8.42 Å². The molecular weight excluding hydrogens is 466 g/mol. The van der Waals surface area contributed by atoms with Gasteiger partial charge in [-0.25, -0.2) is 18.4 Å². The van der Waals surface area contributed by atoms with Crippen LogP contribution in [0, 0.1) is 0 Å². The molecule has 2 heterocycles. The first-order valence-electron chi connectivity index (χ1n) is 11.2. The third kappa shape index (κ3) is 4.58. The Labute approximate surface area is 204 Å². The molecule has 1 aliphatic rings. The van der Waals surface area contributed by atoms with E-state index in [4.69, 9.17) is 24.2 Å². The first-order chi connectivity index (χ1) is 17.0. The summed E-state index contributed by atoms with van der Waals surface area (Å²) in [5.74, 6) is 1.47. The summed E-state index contributed by atoms with van der Waals surface area (Å²) in [6.07, 6.45) is 0. The molecule has 0 spiro atoms. The van der Waals surface area contributed by atoms with Crippen LogP contribution in [0.2, 0.25) is 0 Å². The van der Waals surface area contributed by atoms with Crippen molar-refractivity contribution in [1.29, 1.82) is 0 Å². The number of ether oxygens (including phenoxy) is 3. The zero-order chi connectivity index (χ0) is 24.4. The summed E-state index contributed by atoms with van der Waals surface area (Å²) < 4.78 is 43.7. The molecular formula is C26H25N3O5S. The Morgan fingerprint density at radius 3 is 1.77 bits per heavy atom. The summed E-state index contributed by atoms with van der Waals surface area (Å²) in [6, 6.07) is 20.0. The SMILES string of the molecule is COc1ccc(-c2nc3ccc(S(=O)(=O)N4CCOCC4)cc3nc2-c2ccc(OC)cc2)cc1. The standard InChI is InChI=1S/C26H25N3O5S/c1-32-20-7-3-18(4-8-20)25-26(19-5-9-21(33-2)10-6-19)28-24-17-22(11-12-23(24)27-25)35(30,31)29-13-15-34-16-14-29/h3-12,17H,13-16H2,1-2H3. The van der Waals surface area contributed by atoms with Crippen molar-refractivity contribution in [2.75, 3.05) is 40.5 Å². The van der Waals surface area contributed by atoms with Crippen molar-refractivity contribution < 1.29 is 22.6 Å². The van der Waals surface area contributed by atoms with Crippen LogP contribution in [0.25, 0.3) is 33.5 Å². The zero-order valence-electron chi connectivity index (χ0n) is 19.5. The molecule has 1 fully saturated rings. The molecule has 0 unspecified atom stereocenters. The second-order valence-electron chi connectivity index (χ2n) is 8.04. The van der Waals surface area contributed by atoms with Gasteiger partial charge >= 0.3 is 0 Å². The summed E-state index contributed by atoms with van der Waals surface area (Å²) in [4.78, 5) is 9.98. The van der Waals surface area contributed by atoms with Crippen LogP contribution in [0.1, 0.15) is 0 Å². The average Bonchev–Trinajstić information content (AvgIpc) is 2.92. The number of aromatic nitrogens is 2.